The quantitative estimate of drug-likeness (QED) is 0.940. The third-order valence-corrected chi connectivity index (χ3v) is 5.31. The van der Waals surface area contributed by atoms with Gasteiger partial charge in [0.25, 0.3) is 0 Å². The Hall–Kier alpha value is -1.32. The van der Waals surface area contributed by atoms with Crippen LogP contribution in [0.1, 0.15) is 37.4 Å². The zero-order valence-corrected chi connectivity index (χ0v) is 13.5. The second-order valence-corrected chi connectivity index (χ2v) is 6.49. The van der Waals surface area contributed by atoms with E-state index in [0.29, 0.717) is 12.1 Å². The maximum Gasteiger partial charge on any atom is 0.0483 e. The van der Waals surface area contributed by atoms with Crippen LogP contribution in [0.15, 0.2) is 24.3 Å². The van der Waals surface area contributed by atoms with Gasteiger partial charge in [0.1, 0.15) is 0 Å². The van der Waals surface area contributed by atoms with Crippen molar-refractivity contribution in [2.24, 2.45) is 12.8 Å². The summed E-state index contributed by atoms with van der Waals surface area (Å²) in [6.45, 7) is 6.39. The fourth-order valence-electron chi connectivity index (χ4n) is 3.91. The lowest BCUT2D eigenvalue weighted by atomic mass is 9.96. The van der Waals surface area contributed by atoms with Gasteiger partial charge in [-0.2, -0.15) is 0 Å². The number of fused-ring (bicyclic) bond motifs is 1. The molecule has 2 N–H and O–H groups in total. The maximum absolute atomic E-state index is 6.01. The topological polar surface area (TPSA) is 34.2 Å². The van der Waals surface area contributed by atoms with E-state index in [4.69, 9.17) is 5.73 Å². The molecule has 3 heteroatoms. The molecule has 0 aliphatic carbocycles. The minimum atomic E-state index is 0.533. The van der Waals surface area contributed by atoms with E-state index >= 15 is 0 Å². The molecule has 0 amide bonds. The first kappa shape index (κ1) is 14.6. The molecule has 3 nitrogen and oxygen atoms in total. The van der Waals surface area contributed by atoms with Gasteiger partial charge < -0.3 is 10.3 Å². The second-order valence-electron chi connectivity index (χ2n) is 6.49. The van der Waals surface area contributed by atoms with Gasteiger partial charge >= 0.3 is 0 Å². The smallest absolute Gasteiger partial charge is 0.0483 e. The fraction of sp³-hybridized carbons (Fsp3) is 0.556. The minimum Gasteiger partial charge on any atom is -0.346 e. The molecule has 1 saturated heterocycles. The number of nitrogens with zero attached hydrogens (tertiary/aromatic N) is 2. The van der Waals surface area contributed by atoms with Gasteiger partial charge in [-0.05, 0) is 38.3 Å². The molecular weight excluding hydrogens is 258 g/mol. The summed E-state index contributed by atoms with van der Waals surface area (Å²) in [5.74, 6) is 0. The number of para-hydroxylation sites is 1. The lowest BCUT2D eigenvalue weighted by molar-refractivity contribution is 0.0868. The number of rotatable bonds is 3. The lowest BCUT2D eigenvalue weighted by Crippen LogP contribution is -2.48. The Morgan fingerprint density at radius 1 is 1.24 bits per heavy atom. The molecule has 0 saturated carbocycles. The highest BCUT2D eigenvalue weighted by molar-refractivity contribution is 5.85. The van der Waals surface area contributed by atoms with Crippen LogP contribution in [0.4, 0.5) is 0 Å². The number of aryl methyl sites for hydroxylation is 2. The van der Waals surface area contributed by atoms with Crippen molar-refractivity contribution in [1.29, 1.82) is 0 Å². The highest BCUT2D eigenvalue weighted by atomic mass is 15.2. The van der Waals surface area contributed by atoms with E-state index < -0.39 is 0 Å². The molecule has 2 heterocycles. The first-order valence-electron chi connectivity index (χ1n) is 8.12. The summed E-state index contributed by atoms with van der Waals surface area (Å²) in [6, 6.07) is 9.86. The Morgan fingerprint density at radius 2 is 2.00 bits per heavy atom. The molecule has 1 aliphatic heterocycles. The van der Waals surface area contributed by atoms with Crippen LogP contribution in [0.2, 0.25) is 0 Å². The summed E-state index contributed by atoms with van der Waals surface area (Å²) in [5, 5.41) is 1.38. The van der Waals surface area contributed by atoms with Gasteiger partial charge in [0, 0.05) is 48.8 Å². The monoisotopic (exact) mass is 285 g/mol. The van der Waals surface area contributed by atoms with Crippen LogP contribution in [-0.2, 0) is 13.6 Å². The van der Waals surface area contributed by atoms with E-state index in [2.05, 4.69) is 54.6 Å². The van der Waals surface area contributed by atoms with Crippen molar-refractivity contribution in [3.63, 3.8) is 0 Å². The predicted octanol–water partition coefficient (Wildman–Crippen LogP) is 3.19. The van der Waals surface area contributed by atoms with E-state index in [0.717, 1.165) is 13.1 Å². The Kier molecular flexibility index (Phi) is 4.05. The van der Waals surface area contributed by atoms with Crippen molar-refractivity contribution < 1.29 is 0 Å². The fourth-order valence-corrected chi connectivity index (χ4v) is 3.91. The number of hydrogen-bond donors (Lipinski definition) is 1. The van der Waals surface area contributed by atoms with Crippen LogP contribution in [0, 0.1) is 6.92 Å². The van der Waals surface area contributed by atoms with Crippen LogP contribution in [0.5, 0.6) is 0 Å². The Bertz CT molecular complexity index is 590. The van der Waals surface area contributed by atoms with Crippen molar-refractivity contribution in [3.05, 3.63) is 35.5 Å². The van der Waals surface area contributed by atoms with Gasteiger partial charge in [-0.1, -0.05) is 24.6 Å². The normalized spacial score (nSPS) is 23.8. The largest absolute Gasteiger partial charge is 0.346 e. The van der Waals surface area contributed by atoms with E-state index in [-0.39, 0.29) is 0 Å². The summed E-state index contributed by atoms with van der Waals surface area (Å²) in [5.41, 5.74) is 10.2. The molecule has 114 valence electrons. The molecule has 2 aromatic rings. The summed E-state index contributed by atoms with van der Waals surface area (Å²) in [7, 11) is 2.19. The summed E-state index contributed by atoms with van der Waals surface area (Å²) < 4.78 is 2.36. The van der Waals surface area contributed by atoms with Crippen LogP contribution in [-0.4, -0.2) is 28.1 Å². The number of aromatic nitrogens is 1. The van der Waals surface area contributed by atoms with Crippen molar-refractivity contribution in [2.75, 3.05) is 6.54 Å². The summed E-state index contributed by atoms with van der Waals surface area (Å²) >= 11 is 0. The zero-order chi connectivity index (χ0) is 15.0. The molecule has 1 aromatic heterocycles. The molecule has 2 unspecified atom stereocenters. The highest BCUT2D eigenvalue weighted by Gasteiger charge is 2.28. The van der Waals surface area contributed by atoms with Crippen molar-refractivity contribution >= 4 is 10.9 Å². The van der Waals surface area contributed by atoms with Crippen LogP contribution >= 0.6 is 0 Å². The van der Waals surface area contributed by atoms with Crippen LogP contribution in [0.25, 0.3) is 10.9 Å². The second kappa shape index (κ2) is 5.82. The summed E-state index contributed by atoms with van der Waals surface area (Å²) in [4.78, 5) is 2.62. The van der Waals surface area contributed by atoms with E-state index in [1.807, 2.05) is 0 Å². The van der Waals surface area contributed by atoms with Gasteiger partial charge in [-0.25, -0.2) is 0 Å². The number of nitrogens with two attached hydrogens (primary N) is 1. The molecule has 0 spiro atoms. The average molecular weight is 285 g/mol. The van der Waals surface area contributed by atoms with Gasteiger partial charge in [0.05, 0.1) is 0 Å². The van der Waals surface area contributed by atoms with Crippen molar-refractivity contribution in [3.8, 4) is 0 Å². The molecule has 1 aromatic carbocycles. The average Bonchev–Trinajstić information content (AvgIpc) is 2.74. The molecular formula is C18H27N3. The number of hydrogen-bond acceptors (Lipinski definition) is 2. The molecule has 21 heavy (non-hydrogen) atoms. The lowest BCUT2D eigenvalue weighted by Gasteiger charge is -2.40. The van der Waals surface area contributed by atoms with Crippen LogP contribution in [0.3, 0.4) is 0 Å². The van der Waals surface area contributed by atoms with Crippen molar-refractivity contribution in [1.82, 2.24) is 9.47 Å². The number of likely N-dealkylation sites (tertiary alicyclic amines) is 1. The van der Waals surface area contributed by atoms with Gasteiger partial charge in [0.2, 0.25) is 0 Å². The Balaban J connectivity index is 1.97. The van der Waals surface area contributed by atoms with Gasteiger partial charge in [-0.15, -0.1) is 0 Å². The van der Waals surface area contributed by atoms with E-state index in [1.165, 1.54) is 41.4 Å². The zero-order valence-electron chi connectivity index (χ0n) is 13.5. The number of piperidine rings is 1. The Labute approximate surface area is 127 Å². The molecule has 0 bridgehead atoms. The van der Waals surface area contributed by atoms with Crippen molar-refractivity contribution in [2.45, 2.75) is 51.7 Å². The first-order chi connectivity index (χ1) is 10.1. The summed E-state index contributed by atoms with van der Waals surface area (Å²) in [6.07, 6.45) is 3.84. The highest BCUT2D eigenvalue weighted by Crippen LogP contribution is 2.29. The third kappa shape index (κ3) is 2.49. The van der Waals surface area contributed by atoms with Gasteiger partial charge in [-0.3, -0.25) is 4.90 Å². The van der Waals surface area contributed by atoms with E-state index in [1.54, 1.807) is 0 Å². The first-order valence-corrected chi connectivity index (χ1v) is 8.12. The van der Waals surface area contributed by atoms with Gasteiger partial charge in [0.15, 0.2) is 0 Å². The molecule has 2 atom stereocenters. The molecule has 1 aliphatic rings. The standard InChI is InChI=1S/C18H27N3/c1-13-7-6-8-15(11-19)21(13)12-18-14(2)16-9-4-5-10-17(16)20(18)3/h4-5,9-10,13,15H,6-8,11-12,19H2,1-3H3. The molecule has 0 radical (unpaired) electrons. The Morgan fingerprint density at radius 3 is 2.71 bits per heavy atom. The van der Waals surface area contributed by atoms with Crippen LogP contribution < -0.4 is 5.73 Å². The van der Waals surface area contributed by atoms with E-state index in [9.17, 15) is 0 Å². The third-order valence-electron chi connectivity index (χ3n) is 5.31. The number of benzene rings is 1. The SMILES string of the molecule is Cc1c(CN2C(C)CCCC2CN)n(C)c2ccccc12. The molecule has 3 rings (SSSR count). The minimum absolute atomic E-state index is 0.533. The molecule has 1 fully saturated rings. The maximum atomic E-state index is 6.01. The predicted molar refractivity (Wildman–Crippen MR) is 89.4 cm³/mol.